The zero-order valence-corrected chi connectivity index (χ0v) is 15.1. The van der Waals surface area contributed by atoms with Crippen LogP contribution in [0.5, 0.6) is 11.5 Å². The van der Waals surface area contributed by atoms with Gasteiger partial charge in [0.2, 0.25) is 5.91 Å². The van der Waals surface area contributed by atoms with Crippen LogP contribution in [-0.2, 0) is 4.79 Å². The van der Waals surface area contributed by atoms with Crippen molar-refractivity contribution in [1.82, 2.24) is 5.32 Å². The van der Waals surface area contributed by atoms with E-state index in [9.17, 15) is 9.18 Å². The number of rotatable bonds is 9. The third-order valence-electron chi connectivity index (χ3n) is 3.54. The highest BCUT2D eigenvalue weighted by Crippen LogP contribution is 2.17. The number of benzene rings is 2. The van der Waals surface area contributed by atoms with Gasteiger partial charge in [-0.3, -0.25) is 4.79 Å². The second-order valence-electron chi connectivity index (χ2n) is 5.42. The fourth-order valence-electron chi connectivity index (χ4n) is 2.17. The summed E-state index contributed by atoms with van der Waals surface area (Å²) in [5.74, 6) is 2.30. The lowest BCUT2D eigenvalue weighted by atomic mass is 10.1. The smallest absolute Gasteiger partial charge is 0.230 e. The number of carbonyl (C=O) groups is 1. The Morgan fingerprint density at radius 2 is 1.76 bits per heavy atom. The molecule has 4 nitrogen and oxygen atoms in total. The number of hydrogen-bond donors (Lipinski definition) is 1. The molecule has 0 aliphatic rings. The summed E-state index contributed by atoms with van der Waals surface area (Å²) in [6, 6.07) is 13.4. The molecule has 0 aliphatic carbocycles. The van der Waals surface area contributed by atoms with E-state index in [-0.39, 0.29) is 17.8 Å². The first-order chi connectivity index (χ1) is 12.1. The number of methoxy groups -OCH3 is 1. The van der Waals surface area contributed by atoms with Crippen molar-refractivity contribution in [2.45, 2.75) is 13.0 Å². The molecule has 0 saturated heterocycles. The molecule has 2 aromatic carbocycles. The molecule has 0 heterocycles. The lowest BCUT2D eigenvalue weighted by Crippen LogP contribution is -2.28. The molecule has 1 atom stereocenters. The van der Waals surface area contributed by atoms with Crippen molar-refractivity contribution in [3.8, 4) is 11.5 Å². The van der Waals surface area contributed by atoms with E-state index < -0.39 is 0 Å². The average molecular weight is 363 g/mol. The number of amides is 1. The minimum Gasteiger partial charge on any atom is -0.497 e. The molecule has 1 unspecified atom stereocenters. The Balaban J connectivity index is 1.62. The number of halogens is 1. The monoisotopic (exact) mass is 363 g/mol. The highest BCUT2D eigenvalue weighted by Gasteiger charge is 2.09. The summed E-state index contributed by atoms with van der Waals surface area (Å²) in [7, 11) is 1.62. The Hall–Kier alpha value is -2.21. The molecule has 2 rings (SSSR count). The van der Waals surface area contributed by atoms with Crippen LogP contribution >= 0.6 is 11.8 Å². The van der Waals surface area contributed by atoms with Crippen molar-refractivity contribution < 1.29 is 18.7 Å². The molecule has 1 amide bonds. The van der Waals surface area contributed by atoms with Crippen LogP contribution in [0.4, 0.5) is 4.39 Å². The predicted molar refractivity (Wildman–Crippen MR) is 98.8 cm³/mol. The maximum Gasteiger partial charge on any atom is 0.230 e. The second kappa shape index (κ2) is 9.93. The Labute approximate surface area is 151 Å². The summed E-state index contributed by atoms with van der Waals surface area (Å²) < 4.78 is 23.6. The third-order valence-corrected chi connectivity index (χ3v) is 4.46. The van der Waals surface area contributed by atoms with E-state index in [1.165, 1.54) is 23.9 Å². The fraction of sp³-hybridized carbons (Fsp3) is 0.316. The van der Waals surface area contributed by atoms with Crippen LogP contribution in [0.3, 0.4) is 0 Å². The topological polar surface area (TPSA) is 47.6 Å². The lowest BCUT2D eigenvalue weighted by molar-refractivity contribution is -0.119. The molecule has 2 aromatic rings. The van der Waals surface area contributed by atoms with E-state index in [4.69, 9.17) is 9.47 Å². The zero-order chi connectivity index (χ0) is 18.1. The molecular formula is C19H22FNO3S. The molecular weight excluding hydrogens is 341 g/mol. The lowest BCUT2D eigenvalue weighted by Gasteiger charge is -2.14. The van der Waals surface area contributed by atoms with E-state index >= 15 is 0 Å². The quantitative estimate of drug-likeness (QED) is 0.688. The fourth-order valence-corrected chi connectivity index (χ4v) is 2.79. The molecule has 0 aromatic heterocycles. The Bertz CT molecular complexity index is 661. The standard InChI is InChI=1S/C19H22FNO3S/c1-14(15-3-5-16(20)6-4-15)21-19(22)13-25-12-11-24-18-9-7-17(23-2)8-10-18/h3-10,14H,11-13H2,1-2H3,(H,21,22). The van der Waals surface area contributed by atoms with Gasteiger partial charge in [-0.1, -0.05) is 12.1 Å². The summed E-state index contributed by atoms with van der Waals surface area (Å²) in [5.41, 5.74) is 0.877. The highest BCUT2D eigenvalue weighted by atomic mass is 32.2. The van der Waals surface area contributed by atoms with Gasteiger partial charge in [0, 0.05) is 5.75 Å². The van der Waals surface area contributed by atoms with Crippen LogP contribution in [0, 0.1) is 5.82 Å². The first-order valence-electron chi connectivity index (χ1n) is 7.98. The van der Waals surface area contributed by atoms with E-state index in [2.05, 4.69) is 5.32 Å². The summed E-state index contributed by atoms with van der Waals surface area (Å²) in [6.07, 6.45) is 0. The van der Waals surface area contributed by atoms with Gasteiger partial charge in [-0.2, -0.15) is 0 Å². The summed E-state index contributed by atoms with van der Waals surface area (Å²) in [4.78, 5) is 11.9. The van der Waals surface area contributed by atoms with Gasteiger partial charge in [-0.15, -0.1) is 11.8 Å². The largest absolute Gasteiger partial charge is 0.497 e. The molecule has 0 fully saturated rings. The first kappa shape index (κ1) is 19.1. The number of thioether (sulfide) groups is 1. The minimum atomic E-state index is -0.283. The Morgan fingerprint density at radius 1 is 1.12 bits per heavy atom. The zero-order valence-electron chi connectivity index (χ0n) is 14.3. The van der Waals surface area contributed by atoms with Crippen LogP contribution in [0.15, 0.2) is 48.5 Å². The van der Waals surface area contributed by atoms with Gasteiger partial charge in [-0.25, -0.2) is 4.39 Å². The van der Waals surface area contributed by atoms with Gasteiger partial charge in [0.05, 0.1) is 25.5 Å². The molecule has 0 radical (unpaired) electrons. The van der Waals surface area contributed by atoms with Crippen LogP contribution in [-0.4, -0.2) is 31.1 Å². The molecule has 25 heavy (non-hydrogen) atoms. The van der Waals surface area contributed by atoms with Gasteiger partial charge in [0.25, 0.3) is 0 Å². The minimum absolute atomic E-state index is 0.0497. The number of ether oxygens (including phenoxy) is 2. The van der Waals surface area contributed by atoms with Crippen LogP contribution in [0.2, 0.25) is 0 Å². The Morgan fingerprint density at radius 3 is 2.40 bits per heavy atom. The first-order valence-corrected chi connectivity index (χ1v) is 9.13. The van der Waals surface area contributed by atoms with Crippen molar-refractivity contribution in [3.63, 3.8) is 0 Å². The molecule has 0 spiro atoms. The normalized spacial score (nSPS) is 11.6. The van der Waals surface area contributed by atoms with E-state index in [1.807, 2.05) is 31.2 Å². The van der Waals surface area contributed by atoms with Crippen LogP contribution in [0.25, 0.3) is 0 Å². The van der Waals surface area contributed by atoms with Crippen LogP contribution < -0.4 is 14.8 Å². The molecule has 0 bridgehead atoms. The molecule has 1 N–H and O–H groups in total. The molecule has 0 aliphatic heterocycles. The van der Waals surface area contributed by atoms with Crippen molar-refractivity contribution in [1.29, 1.82) is 0 Å². The maximum absolute atomic E-state index is 12.9. The Kier molecular flexibility index (Phi) is 7.60. The van der Waals surface area contributed by atoms with E-state index in [0.29, 0.717) is 18.1 Å². The SMILES string of the molecule is COc1ccc(OCCSCC(=O)NC(C)c2ccc(F)cc2)cc1. The van der Waals surface area contributed by atoms with Crippen molar-refractivity contribution in [2.24, 2.45) is 0 Å². The third kappa shape index (κ3) is 6.66. The van der Waals surface area contributed by atoms with Gasteiger partial charge in [-0.05, 0) is 48.9 Å². The molecule has 6 heteroatoms. The number of carbonyl (C=O) groups excluding carboxylic acids is 1. The van der Waals surface area contributed by atoms with Gasteiger partial charge < -0.3 is 14.8 Å². The average Bonchev–Trinajstić information content (AvgIpc) is 2.62. The van der Waals surface area contributed by atoms with Gasteiger partial charge in [0.1, 0.15) is 17.3 Å². The predicted octanol–water partition coefficient (Wildman–Crippen LogP) is 3.82. The van der Waals surface area contributed by atoms with Crippen molar-refractivity contribution in [3.05, 3.63) is 59.9 Å². The van der Waals surface area contributed by atoms with Gasteiger partial charge in [0.15, 0.2) is 0 Å². The molecule has 134 valence electrons. The number of nitrogens with one attached hydrogen (secondary N) is 1. The summed E-state index contributed by atoms with van der Waals surface area (Å²) >= 11 is 1.51. The highest BCUT2D eigenvalue weighted by molar-refractivity contribution is 7.99. The molecule has 0 saturated carbocycles. The summed E-state index contributed by atoms with van der Waals surface area (Å²) in [6.45, 7) is 2.40. The van der Waals surface area contributed by atoms with Crippen molar-refractivity contribution in [2.75, 3.05) is 25.2 Å². The van der Waals surface area contributed by atoms with Gasteiger partial charge >= 0.3 is 0 Å². The van der Waals surface area contributed by atoms with Crippen molar-refractivity contribution >= 4 is 17.7 Å². The van der Waals surface area contributed by atoms with Crippen LogP contribution in [0.1, 0.15) is 18.5 Å². The number of hydrogen-bond acceptors (Lipinski definition) is 4. The second-order valence-corrected chi connectivity index (χ2v) is 6.52. The van der Waals surface area contributed by atoms with E-state index in [0.717, 1.165) is 17.1 Å². The van der Waals surface area contributed by atoms with E-state index in [1.54, 1.807) is 19.2 Å². The summed E-state index contributed by atoms with van der Waals surface area (Å²) in [5, 5.41) is 2.90. The maximum atomic E-state index is 12.9.